The van der Waals surface area contributed by atoms with Crippen molar-refractivity contribution in [3.63, 3.8) is 0 Å². The number of imidazole rings is 1. The maximum atomic E-state index is 12.6. The molecule has 0 aliphatic heterocycles. The fraction of sp³-hybridized carbons (Fsp3) is 0.720. The zero-order valence-corrected chi connectivity index (χ0v) is 20.6. The van der Waals surface area contributed by atoms with Gasteiger partial charge in [0.05, 0.1) is 18.6 Å². The SMILES string of the molecule is CCOC(=O)/C(=C\C(CC)CNC(=O)OC(C)(C)C)Cc1cn(C2CCC(C)CC2)cn1. The van der Waals surface area contributed by atoms with E-state index in [-0.39, 0.29) is 11.9 Å². The van der Waals surface area contributed by atoms with Crippen LogP contribution in [0, 0.1) is 11.8 Å². The fourth-order valence-electron chi connectivity index (χ4n) is 3.96. The molecule has 0 saturated heterocycles. The maximum absolute atomic E-state index is 12.6. The van der Waals surface area contributed by atoms with Crippen LogP contribution < -0.4 is 5.32 Å². The van der Waals surface area contributed by atoms with Crippen LogP contribution in [0.5, 0.6) is 0 Å². The minimum absolute atomic E-state index is 0.0103. The highest BCUT2D eigenvalue weighted by atomic mass is 16.6. The summed E-state index contributed by atoms with van der Waals surface area (Å²) in [6.45, 7) is 12.3. The molecule has 2 rings (SSSR count). The molecule has 1 aromatic heterocycles. The highest BCUT2D eigenvalue weighted by Crippen LogP contribution is 2.31. The van der Waals surface area contributed by atoms with Crippen LogP contribution in [0.1, 0.15) is 85.4 Å². The van der Waals surface area contributed by atoms with Gasteiger partial charge >= 0.3 is 12.1 Å². The fourth-order valence-corrected chi connectivity index (χ4v) is 3.96. The molecule has 0 spiro atoms. The van der Waals surface area contributed by atoms with Gasteiger partial charge in [-0.15, -0.1) is 0 Å². The number of alkyl carbamates (subject to hydrolysis) is 1. The topological polar surface area (TPSA) is 82.5 Å². The van der Waals surface area contributed by atoms with Crippen molar-refractivity contribution in [2.24, 2.45) is 11.8 Å². The molecule has 32 heavy (non-hydrogen) atoms. The molecule has 1 aliphatic carbocycles. The Morgan fingerprint density at radius 3 is 2.53 bits per heavy atom. The number of esters is 1. The summed E-state index contributed by atoms with van der Waals surface area (Å²) in [5.74, 6) is 0.459. The number of rotatable bonds is 9. The third-order valence-electron chi connectivity index (χ3n) is 5.84. The van der Waals surface area contributed by atoms with Crippen molar-refractivity contribution >= 4 is 12.1 Å². The zero-order chi connectivity index (χ0) is 23.7. The highest BCUT2D eigenvalue weighted by molar-refractivity contribution is 5.88. The van der Waals surface area contributed by atoms with Crippen LogP contribution in [0.25, 0.3) is 0 Å². The first-order valence-corrected chi connectivity index (χ1v) is 12.0. The van der Waals surface area contributed by atoms with Crippen LogP contribution in [-0.4, -0.2) is 40.4 Å². The molecular formula is C25H41N3O4. The quantitative estimate of drug-likeness (QED) is 0.415. The van der Waals surface area contributed by atoms with Crippen LogP contribution in [0.4, 0.5) is 4.79 Å². The van der Waals surface area contributed by atoms with E-state index in [9.17, 15) is 9.59 Å². The lowest BCUT2D eigenvalue weighted by atomic mass is 9.87. The van der Waals surface area contributed by atoms with Gasteiger partial charge in [0.15, 0.2) is 0 Å². The van der Waals surface area contributed by atoms with Crippen LogP contribution in [-0.2, 0) is 20.7 Å². The Balaban J connectivity index is 2.07. The summed E-state index contributed by atoms with van der Waals surface area (Å²) in [6.07, 6.45) is 11.4. The third kappa shape index (κ3) is 8.67. The Morgan fingerprint density at radius 2 is 1.94 bits per heavy atom. The Morgan fingerprint density at radius 1 is 1.25 bits per heavy atom. The average molecular weight is 448 g/mol. The molecule has 1 amide bonds. The number of ether oxygens (including phenoxy) is 2. The lowest BCUT2D eigenvalue weighted by molar-refractivity contribution is -0.138. The van der Waals surface area contributed by atoms with Gasteiger partial charge in [0.1, 0.15) is 5.60 Å². The molecule has 1 aliphatic rings. The van der Waals surface area contributed by atoms with E-state index in [4.69, 9.17) is 9.47 Å². The van der Waals surface area contributed by atoms with E-state index in [1.54, 1.807) is 6.92 Å². The molecule has 1 atom stereocenters. The van der Waals surface area contributed by atoms with Crippen molar-refractivity contribution in [2.75, 3.05) is 13.2 Å². The van der Waals surface area contributed by atoms with Gasteiger partial charge < -0.3 is 19.4 Å². The van der Waals surface area contributed by atoms with Crippen molar-refractivity contribution in [1.29, 1.82) is 0 Å². The lowest BCUT2D eigenvalue weighted by Gasteiger charge is -2.26. The Hall–Kier alpha value is -2.31. The summed E-state index contributed by atoms with van der Waals surface area (Å²) in [6, 6.07) is 0.490. The van der Waals surface area contributed by atoms with E-state index in [0.717, 1.165) is 18.0 Å². The lowest BCUT2D eigenvalue weighted by Crippen LogP contribution is -2.35. The summed E-state index contributed by atoms with van der Waals surface area (Å²) < 4.78 is 12.8. The normalized spacial score (nSPS) is 20.5. The molecule has 1 N–H and O–H groups in total. The van der Waals surface area contributed by atoms with E-state index in [1.807, 2.05) is 40.1 Å². The molecule has 1 heterocycles. The molecule has 180 valence electrons. The molecule has 0 bridgehead atoms. The molecule has 1 saturated carbocycles. The van der Waals surface area contributed by atoms with Gasteiger partial charge in [-0.2, -0.15) is 0 Å². The zero-order valence-electron chi connectivity index (χ0n) is 20.6. The van der Waals surface area contributed by atoms with Crippen molar-refractivity contribution in [1.82, 2.24) is 14.9 Å². The number of carbonyl (C=O) groups excluding carboxylic acids is 2. The molecule has 7 nitrogen and oxygen atoms in total. The molecule has 1 fully saturated rings. The number of amides is 1. The predicted molar refractivity (Wildman–Crippen MR) is 125 cm³/mol. The van der Waals surface area contributed by atoms with E-state index in [0.29, 0.717) is 31.2 Å². The first-order chi connectivity index (χ1) is 15.1. The van der Waals surface area contributed by atoms with Crippen molar-refractivity contribution in [3.05, 3.63) is 29.9 Å². The number of aromatic nitrogens is 2. The summed E-state index contributed by atoms with van der Waals surface area (Å²) in [4.78, 5) is 29.2. The summed E-state index contributed by atoms with van der Waals surface area (Å²) >= 11 is 0. The molecule has 0 aromatic carbocycles. The second-order valence-electron chi connectivity index (χ2n) is 9.87. The van der Waals surface area contributed by atoms with Crippen molar-refractivity contribution in [3.8, 4) is 0 Å². The van der Waals surface area contributed by atoms with Gasteiger partial charge in [-0.05, 0) is 71.6 Å². The first kappa shape index (κ1) is 25.9. The monoisotopic (exact) mass is 447 g/mol. The van der Waals surface area contributed by atoms with Gasteiger partial charge in [0.25, 0.3) is 0 Å². The first-order valence-electron chi connectivity index (χ1n) is 12.0. The standard InChI is InChI=1S/C25H41N3O4/c1-7-19(15-26-24(30)32-25(4,5)6)13-20(23(29)31-8-2)14-21-16-28(17-27-21)22-11-9-18(3)10-12-22/h13,16-19,22H,7-12,14-15H2,1-6H3,(H,26,30)/b20-13-. The minimum atomic E-state index is -0.549. The Bertz CT molecular complexity index is 770. The van der Waals surface area contributed by atoms with Gasteiger partial charge in [-0.25, -0.2) is 14.6 Å². The Labute approximate surface area is 193 Å². The molecule has 1 aromatic rings. The number of nitrogens with one attached hydrogen (secondary N) is 1. The number of hydrogen-bond acceptors (Lipinski definition) is 5. The van der Waals surface area contributed by atoms with E-state index >= 15 is 0 Å². The highest BCUT2D eigenvalue weighted by Gasteiger charge is 2.22. The second kappa shape index (κ2) is 12.1. The van der Waals surface area contributed by atoms with Gasteiger partial charge in [0, 0.05) is 30.8 Å². The van der Waals surface area contributed by atoms with Gasteiger partial charge in [-0.3, -0.25) is 0 Å². The minimum Gasteiger partial charge on any atom is -0.463 e. The van der Waals surface area contributed by atoms with Crippen LogP contribution in [0.3, 0.4) is 0 Å². The van der Waals surface area contributed by atoms with Crippen LogP contribution in [0.2, 0.25) is 0 Å². The van der Waals surface area contributed by atoms with Gasteiger partial charge in [0.2, 0.25) is 0 Å². The molecular weight excluding hydrogens is 406 g/mol. The number of carbonyl (C=O) groups is 2. The smallest absolute Gasteiger partial charge is 0.407 e. The van der Waals surface area contributed by atoms with Crippen LogP contribution >= 0.6 is 0 Å². The summed E-state index contributed by atoms with van der Waals surface area (Å²) in [5.41, 5.74) is 0.887. The third-order valence-corrected chi connectivity index (χ3v) is 5.84. The van der Waals surface area contributed by atoms with Crippen molar-refractivity contribution < 1.29 is 19.1 Å². The van der Waals surface area contributed by atoms with E-state index < -0.39 is 11.7 Å². The number of nitrogens with zero attached hydrogens (tertiary/aromatic N) is 2. The van der Waals surface area contributed by atoms with Crippen LogP contribution in [0.15, 0.2) is 24.2 Å². The largest absolute Gasteiger partial charge is 0.463 e. The summed E-state index contributed by atoms with van der Waals surface area (Å²) in [5, 5.41) is 2.80. The van der Waals surface area contributed by atoms with Gasteiger partial charge in [-0.1, -0.05) is 19.9 Å². The molecule has 7 heteroatoms. The van der Waals surface area contributed by atoms with Crippen molar-refractivity contribution in [2.45, 2.75) is 91.7 Å². The molecule has 1 unspecified atom stereocenters. The average Bonchev–Trinajstić information content (AvgIpc) is 3.18. The second-order valence-corrected chi connectivity index (χ2v) is 9.87. The molecule has 0 radical (unpaired) electrons. The number of hydrogen-bond donors (Lipinski definition) is 1. The summed E-state index contributed by atoms with van der Waals surface area (Å²) in [7, 11) is 0. The predicted octanol–water partition coefficient (Wildman–Crippen LogP) is 5.22. The van der Waals surface area contributed by atoms with E-state index in [1.165, 1.54) is 25.7 Å². The Kier molecular flexibility index (Phi) is 9.79. The maximum Gasteiger partial charge on any atom is 0.407 e. The van der Waals surface area contributed by atoms with E-state index in [2.05, 4.69) is 28.0 Å².